The Bertz CT molecular complexity index is 769. The molecule has 0 saturated carbocycles. The molecule has 1 aliphatic carbocycles. The van der Waals surface area contributed by atoms with Gasteiger partial charge in [-0.25, -0.2) is 4.98 Å². The first-order valence-corrected chi connectivity index (χ1v) is 10.2. The molecule has 25 heavy (non-hydrogen) atoms. The van der Waals surface area contributed by atoms with Crippen molar-refractivity contribution in [3.8, 4) is 0 Å². The van der Waals surface area contributed by atoms with Gasteiger partial charge in [0.25, 0.3) is 0 Å². The molecule has 1 heterocycles. The number of rotatable bonds is 6. The first-order chi connectivity index (χ1) is 11.9. The number of amides is 1. The van der Waals surface area contributed by atoms with E-state index in [1.54, 1.807) is 11.8 Å². The first-order valence-electron chi connectivity index (χ1n) is 8.43. The Morgan fingerprint density at radius 1 is 1.28 bits per heavy atom. The van der Waals surface area contributed by atoms with Crippen molar-refractivity contribution in [3.05, 3.63) is 40.9 Å². The maximum atomic E-state index is 12.2. The lowest BCUT2D eigenvalue weighted by atomic mass is 9.78. The highest BCUT2D eigenvalue weighted by Crippen LogP contribution is 2.38. The molecule has 2 aromatic rings. The van der Waals surface area contributed by atoms with Crippen LogP contribution in [0.1, 0.15) is 48.5 Å². The Morgan fingerprint density at radius 3 is 2.80 bits per heavy atom. The SMILES string of the molecule is CC1(C)CC(=O)c2sc(NC(=O)CCCSc3ccccc3)nc2C1. The predicted molar refractivity (Wildman–Crippen MR) is 104 cm³/mol. The number of anilines is 1. The monoisotopic (exact) mass is 374 g/mol. The number of ketones is 1. The minimum Gasteiger partial charge on any atom is -0.302 e. The quantitative estimate of drug-likeness (QED) is 0.582. The molecule has 6 heteroatoms. The molecule has 1 N–H and O–H groups in total. The lowest BCUT2D eigenvalue weighted by molar-refractivity contribution is -0.116. The number of carbonyl (C=O) groups excluding carboxylic acids is 2. The highest BCUT2D eigenvalue weighted by atomic mass is 32.2. The van der Waals surface area contributed by atoms with E-state index in [0.29, 0.717) is 22.9 Å². The third-order valence-corrected chi connectivity index (χ3v) is 6.19. The molecule has 0 aliphatic heterocycles. The Labute approximate surface area is 156 Å². The van der Waals surface area contributed by atoms with Crippen molar-refractivity contribution >= 4 is 39.9 Å². The second-order valence-corrected chi connectivity index (χ2v) is 9.22. The van der Waals surface area contributed by atoms with Crippen LogP contribution >= 0.6 is 23.1 Å². The molecule has 0 bridgehead atoms. The minimum absolute atomic E-state index is 0.0357. The molecule has 0 radical (unpaired) electrons. The molecular formula is C19H22N2O2S2. The van der Waals surface area contributed by atoms with Gasteiger partial charge in [-0.05, 0) is 36.1 Å². The van der Waals surface area contributed by atoms with Gasteiger partial charge in [-0.3, -0.25) is 9.59 Å². The summed E-state index contributed by atoms with van der Waals surface area (Å²) in [6, 6.07) is 10.2. The van der Waals surface area contributed by atoms with Gasteiger partial charge in [-0.15, -0.1) is 11.8 Å². The van der Waals surface area contributed by atoms with Crippen LogP contribution in [0, 0.1) is 5.41 Å². The number of hydrogen-bond donors (Lipinski definition) is 1. The number of aromatic nitrogens is 1. The number of nitrogens with one attached hydrogen (secondary N) is 1. The smallest absolute Gasteiger partial charge is 0.226 e. The molecule has 1 aromatic carbocycles. The van der Waals surface area contributed by atoms with Gasteiger partial charge in [-0.2, -0.15) is 0 Å². The Balaban J connectivity index is 1.48. The van der Waals surface area contributed by atoms with Crippen molar-refractivity contribution in [1.29, 1.82) is 0 Å². The van der Waals surface area contributed by atoms with Gasteiger partial charge < -0.3 is 5.32 Å². The van der Waals surface area contributed by atoms with Crippen molar-refractivity contribution in [2.24, 2.45) is 5.41 Å². The number of thiazole rings is 1. The van der Waals surface area contributed by atoms with Gasteiger partial charge in [0, 0.05) is 17.7 Å². The third-order valence-electron chi connectivity index (χ3n) is 4.04. The molecule has 132 valence electrons. The van der Waals surface area contributed by atoms with Crippen molar-refractivity contribution in [1.82, 2.24) is 4.98 Å². The molecule has 3 rings (SSSR count). The molecule has 0 saturated heterocycles. The topological polar surface area (TPSA) is 59.1 Å². The van der Waals surface area contributed by atoms with E-state index in [1.165, 1.54) is 16.2 Å². The van der Waals surface area contributed by atoms with Crippen molar-refractivity contribution in [2.75, 3.05) is 11.1 Å². The van der Waals surface area contributed by atoms with Gasteiger partial charge in [-0.1, -0.05) is 43.4 Å². The van der Waals surface area contributed by atoms with Crippen molar-refractivity contribution < 1.29 is 9.59 Å². The summed E-state index contributed by atoms with van der Waals surface area (Å²) >= 11 is 3.06. The van der Waals surface area contributed by atoms with E-state index >= 15 is 0 Å². The molecule has 0 unspecified atom stereocenters. The van der Waals surface area contributed by atoms with Crippen LogP contribution in [-0.2, 0) is 11.2 Å². The van der Waals surface area contributed by atoms with Gasteiger partial charge in [0.2, 0.25) is 5.91 Å². The fourth-order valence-corrected chi connectivity index (χ4v) is 4.70. The van der Waals surface area contributed by atoms with E-state index in [-0.39, 0.29) is 17.1 Å². The summed E-state index contributed by atoms with van der Waals surface area (Å²) in [6.07, 6.45) is 2.60. The summed E-state index contributed by atoms with van der Waals surface area (Å²) in [7, 11) is 0. The van der Waals surface area contributed by atoms with E-state index in [1.807, 2.05) is 18.2 Å². The highest BCUT2D eigenvalue weighted by Gasteiger charge is 2.34. The van der Waals surface area contributed by atoms with E-state index < -0.39 is 0 Å². The second-order valence-electron chi connectivity index (χ2n) is 7.05. The predicted octanol–water partition coefficient (Wildman–Crippen LogP) is 4.81. The molecular weight excluding hydrogens is 352 g/mol. The van der Waals surface area contributed by atoms with E-state index in [9.17, 15) is 9.59 Å². The fourth-order valence-electron chi connectivity index (χ4n) is 2.89. The average molecular weight is 375 g/mol. The Morgan fingerprint density at radius 2 is 2.04 bits per heavy atom. The van der Waals surface area contributed by atoms with E-state index in [2.05, 4.69) is 36.3 Å². The van der Waals surface area contributed by atoms with Crippen LogP contribution in [0.15, 0.2) is 35.2 Å². The third kappa shape index (κ3) is 4.92. The number of thioether (sulfide) groups is 1. The number of fused-ring (bicyclic) bond motifs is 1. The van der Waals surface area contributed by atoms with E-state index in [4.69, 9.17) is 0 Å². The van der Waals surface area contributed by atoms with Crippen molar-refractivity contribution in [2.45, 2.75) is 44.4 Å². The van der Waals surface area contributed by atoms with Crippen LogP contribution in [-0.4, -0.2) is 22.4 Å². The minimum atomic E-state index is -0.0475. The number of Topliss-reactive ketones (excluding diaryl/α,β-unsaturated/α-hetero) is 1. The largest absolute Gasteiger partial charge is 0.302 e. The zero-order valence-corrected chi connectivity index (χ0v) is 16.1. The van der Waals surface area contributed by atoms with E-state index in [0.717, 1.165) is 24.3 Å². The molecule has 4 nitrogen and oxygen atoms in total. The summed E-state index contributed by atoms with van der Waals surface area (Å²) in [5.41, 5.74) is 0.787. The Hall–Kier alpha value is -1.66. The Kier molecular flexibility index (Phi) is 5.59. The lowest BCUT2D eigenvalue weighted by Gasteiger charge is -2.26. The van der Waals surface area contributed by atoms with Gasteiger partial charge >= 0.3 is 0 Å². The summed E-state index contributed by atoms with van der Waals surface area (Å²) in [5, 5.41) is 3.41. The standard InChI is InChI=1S/C19H22N2O2S2/c1-19(2)11-14-17(15(22)12-19)25-18(20-14)21-16(23)9-6-10-24-13-7-4-3-5-8-13/h3-5,7-8H,6,9-12H2,1-2H3,(H,20,21,23). The number of benzene rings is 1. The fraction of sp³-hybridized carbons (Fsp3) is 0.421. The zero-order valence-electron chi connectivity index (χ0n) is 14.5. The van der Waals surface area contributed by atoms with Crippen LogP contribution in [0.5, 0.6) is 0 Å². The summed E-state index contributed by atoms with van der Waals surface area (Å²) in [4.78, 5) is 30.7. The molecule has 0 atom stereocenters. The van der Waals surface area contributed by atoms with Crippen molar-refractivity contribution in [3.63, 3.8) is 0 Å². The maximum absolute atomic E-state index is 12.2. The van der Waals surface area contributed by atoms with Crippen LogP contribution < -0.4 is 5.32 Å². The average Bonchev–Trinajstić information content (AvgIpc) is 2.94. The number of nitrogens with zero attached hydrogens (tertiary/aromatic N) is 1. The molecule has 1 aliphatic rings. The number of hydrogen-bond acceptors (Lipinski definition) is 5. The molecule has 0 spiro atoms. The van der Waals surface area contributed by atoms with Crippen LogP contribution in [0.4, 0.5) is 5.13 Å². The number of carbonyl (C=O) groups is 2. The molecule has 1 aromatic heterocycles. The molecule has 1 amide bonds. The highest BCUT2D eigenvalue weighted by molar-refractivity contribution is 7.99. The van der Waals surface area contributed by atoms with Crippen LogP contribution in [0.2, 0.25) is 0 Å². The summed E-state index contributed by atoms with van der Waals surface area (Å²) in [5.74, 6) is 1.01. The summed E-state index contributed by atoms with van der Waals surface area (Å²) < 4.78 is 0. The lowest BCUT2D eigenvalue weighted by Crippen LogP contribution is -2.26. The molecule has 0 fully saturated rings. The maximum Gasteiger partial charge on any atom is 0.226 e. The first kappa shape index (κ1) is 18.1. The van der Waals surface area contributed by atoms with Gasteiger partial charge in [0.1, 0.15) is 0 Å². The van der Waals surface area contributed by atoms with Crippen LogP contribution in [0.3, 0.4) is 0 Å². The van der Waals surface area contributed by atoms with Crippen LogP contribution in [0.25, 0.3) is 0 Å². The summed E-state index contributed by atoms with van der Waals surface area (Å²) in [6.45, 7) is 4.16. The zero-order chi connectivity index (χ0) is 17.9. The van der Waals surface area contributed by atoms with Gasteiger partial charge in [0.15, 0.2) is 10.9 Å². The second kappa shape index (κ2) is 7.70. The van der Waals surface area contributed by atoms with Gasteiger partial charge in [0.05, 0.1) is 10.6 Å². The normalized spacial score (nSPS) is 15.7.